The number of hydrogen-bond donors (Lipinski definition) is 1. The monoisotopic (exact) mass is 270 g/mol. The summed E-state index contributed by atoms with van der Waals surface area (Å²) in [5.74, 6) is 0.759. The summed E-state index contributed by atoms with van der Waals surface area (Å²) in [5.41, 5.74) is 0.983. The summed E-state index contributed by atoms with van der Waals surface area (Å²) in [4.78, 5) is 0. The van der Waals surface area contributed by atoms with Gasteiger partial charge >= 0.3 is 0 Å². The second-order valence-corrected chi connectivity index (χ2v) is 5.19. The second-order valence-electron chi connectivity index (χ2n) is 3.49. The van der Waals surface area contributed by atoms with Crippen molar-refractivity contribution in [1.82, 2.24) is 24.4 Å². The molecular weight excluding hydrogens is 256 g/mol. The summed E-state index contributed by atoms with van der Waals surface area (Å²) in [6, 6.07) is 0. The third-order valence-corrected chi connectivity index (χ3v) is 3.87. The lowest BCUT2D eigenvalue weighted by Crippen LogP contribution is -2.00. The molecule has 0 radical (unpaired) electrons. The molecule has 0 aliphatic carbocycles. The van der Waals surface area contributed by atoms with Gasteiger partial charge in [-0.3, -0.25) is 0 Å². The Balaban J connectivity index is 1.95. The number of anilines is 1. The molecule has 0 aliphatic rings. The van der Waals surface area contributed by atoms with Crippen molar-refractivity contribution in [2.45, 2.75) is 24.3 Å². The van der Waals surface area contributed by atoms with Crippen LogP contribution in [0.4, 0.5) is 5.00 Å². The molecular formula is C9H14N6S2. The first-order chi connectivity index (χ1) is 8.31. The number of rotatable bonds is 6. The fourth-order valence-corrected chi connectivity index (χ4v) is 2.73. The van der Waals surface area contributed by atoms with Crippen LogP contribution in [-0.4, -0.2) is 30.9 Å². The lowest BCUT2D eigenvalue weighted by Gasteiger charge is -2.02. The van der Waals surface area contributed by atoms with Crippen molar-refractivity contribution in [2.75, 3.05) is 11.9 Å². The number of thioether (sulfide) groups is 1. The molecule has 0 amide bonds. The molecule has 0 aliphatic heterocycles. The van der Waals surface area contributed by atoms with Crippen LogP contribution in [0.2, 0.25) is 0 Å². The molecule has 2 rings (SSSR count). The largest absolute Gasteiger partial charge is 0.374 e. The van der Waals surface area contributed by atoms with Gasteiger partial charge in [0.15, 0.2) is 5.16 Å². The minimum absolute atomic E-state index is 0.759. The van der Waals surface area contributed by atoms with Crippen LogP contribution < -0.4 is 5.32 Å². The van der Waals surface area contributed by atoms with Gasteiger partial charge in [-0.1, -0.05) is 23.2 Å². The molecule has 0 saturated carbocycles. The van der Waals surface area contributed by atoms with E-state index < -0.39 is 0 Å². The molecule has 0 fully saturated rings. The van der Waals surface area contributed by atoms with Crippen LogP contribution in [0, 0.1) is 0 Å². The van der Waals surface area contributed by atoms with Crippen LogP contribution >= 0.6 is 23.3 Å². The molecule has 1 N–H and O–H groups in total. The van der Waals surface area contributed by atoms with Crippen LogP contribution in [0.25, 0.3) is 0 Å². The summed E-state index contributed by atoms with van der Waals surface area (Å²) in [5, 5.41) is 17.3. The van der Waals surface area contributed by atoms with Gasteiger partial charge in [0.25, 0.3) is 0 Å². The molecule has 8 heteroatoms. The van der Waals surface area contributed by atoms with E-state index in [1.807, 2.05) is 11.6 Å². The Morgan fingerprint density at radius 1 is 1.47 bits per heavy atom. The van der Waals surface area contributed by atoms with Gasteiger partial charge in [-0.25, -0.2) is 0 Å². The fraction of sp³-hybridized carbons (Fsp3) is 0.556. The maximum absolute atomic E-state index is 4.13. The maximum atomic E-state index is 4.13. The normalized spacial score (nSPS) is 10.7. The first kappa shape index (κ1) is 12.3. The van der Waals surface area contributed by atoms with E-state index >= 15 is 0 Å². The molecule has 2 heterocycles. The number of aromatic nitrogens is 5. The van der Waals surface area contributed by atoms with Crippen molar-refractivity contribution in [3.8, 4) is 0 Å². The van der Waals surface area contributed by atoms with Gasteiger partial charge in [-0.2, -0.15) is 0 Å². The second kappa shape index (κ2) is 5.97. The Kier molecular flexibility index (Phi) is 4.32. The van der Waals surface area contributed by atoms with Crippen LogP contribution in [0.1, 0.15) is 19.0 Å². The predicted octanol–water partition coefficient (Wildman–Crippen LogP) is 1.78. The zero-order valence-corrected chi connectivity index (χ0v) is 11.4. The van der Waals surface area contributed by atoms with E-state index in [2.05, 4.69) is 32.0 Å². The average molecular weight is 270 g/mol. The molecule has 17 heavy (non-hydrogen) atoms. The Bertz CT molecular complexity index is 466. The minimum Gasteiger partial charge on any atom is -0.374 e. The molecule has 0 aromatic carbocycles. The maximum Gasteiger partial charge on any atom is 0.191 e. The highest BCUT2D eigenvalue weighted by Gasteiger charge is 2.09. The van der Waals surface area contributed by atoms with Gasteiger partial charge < -0.3 is 9.88 Å². The average Bonchev–Trinajstić information content (AvgIpc) is 2.93. The van der Waals surface area contributed by atoms with Gasteiger partial charge in [0.1, 0.15) is 17.0 Å². The SMILES string of the molecule is CCCNc1snnc1CSc1nncn1C. The van der Waals surface area contributed by atoms with E-state index in [1.54, 1.807) is 18.1 Å². The van der Waals surface area contributed by atoms with Gasteiger partial charge in [0, 0.05) is 30.9 Å². The van der Waals surface area contributed by atoms with E-state index in [1.165, 1.54) is 11.5 Å². The lowest BCUT2D eigenvalue weighted by molar-refractivity contribution is 0.788. The van der Waals surface area contributed by atoms with Crippen molar-refractivity contribution in [1.29, 1.82) is 0 Å². The van der Waals surface area contributed by atoms with Gasteiger partial charge in [-0.15, -0.1) is 15.3 Å². The zero-order valence-electron chi connectivity index (χ0n) is 9.75. The van der Waals surface area contributed by atoms with E-state index in [0.29, 0.717) is 0 Å². The first-order valence-electron chi connectivity index (χ1n) is 5.33. The third-order valence-electron chi connectivity index (χ3n) is 2.10. The van der Waals surface area contributed by atoms with Crippen molar-refractivity contribution in [3.05, 3.63) is 12.0 Å². The van der Waals surface area contributed by atoms with Crippen molar-refractivity contribution < 1.29 is 0 Å². The Hall–Kier alpha value is -1.15. The summed E-state index contributed by atoms with van der Waals surface area (Å²) in [6.07, 6.45) is 2.78. The number of nitrogens with zero attached hydrogens (tertiary/aromatic N) is 5. The van der Waals surface area contributed by atoms with Gasteiger partial charge in [0.05, 0.1) is 0 Å². The molecule has 92 valence electrons. The van der Waals surface area contributed by atoms with E-state index in [0.717, 1.165) is 34.6 Å². The molecule has 0 atom stereocenters. The zero-order chi connectivity index (χ0) is 12.1. The van der Waals surface area contributed by atoms with Crippen molar-refractivity contribution in [3.63, 3.8) is 0 Å². The topological polar surface area (TPSA) is 68.5 Å². The molecule has 6 nitrogen and oxygen atoms in total. The molecule has 0 spiro atoms. The highest BCUT2D eigenvalue weighted by Crippen LogP contribution is 2.25. The van der Waals surface area contributed by atoms with Crippen molar-refractivity contribution in [2.24, 2.45) is 7.05 Å². The Labute approximate surface area is 108 Å². The van der Waals surface area contributed by atoms with Crippen LogP contribution in [-0.2, 0) is 12.8 Å². The predicted molar refractivity (Wildman–Crippen MR) is 69.3 cm³/mol. The van der Waals surface area contributed by atoms with Crippen LogP contribution in [0.15, 0.2) is 11.5 Å². The molecule has 0 saturated heterocycles. The Morgan fingerprint density at radius 2 is 2.35 bits per heavy atom. The van der Waals surface area contributed by atoms with E-state index in [9.17, 15) is 0 Å². The standard InChI is InChI=1S/C9H14N6S2/c1-3-4-10-8-7(12-14-17-8)5-16-9-13-11-6-15(9)2/h6,10H,3-5H2,1-2H3. The van der Waals surface area contributed by atoms with E-state index in [-0.39, 0.29) is 0 Å². The first-order valence-corrected chi connectivity index (χ1v) is 7.09. The number of aryl methyl sites for hydroxylation is 1. The smallest absolute Gasteiger partial charge is 0.191 e. The quantitative estimate of drug-likeness (QED) is 0.807. The van der Waals surface area contributed by atoms with Crippen molar-refractivity contribution >= 4 is 28.3 Å². The third kappa shape index (κ3) is 3.16. The van der Waals surface area contributed by atoms with Crippen LogP contribution in [0.3, 0.4) is 0 Å². The van der Waals surface area contributed by atoms with Gasteiger partial charge in [-0.05, 0) is 6.42 Å². The molecule has 0 bridgehead atoms. The highest BCUT2D eigenvalue weighted by atomic mass is 32.2. The Morgan fingerprint density at radius 3 is 3.06 bits per heavy atom. The van der Waals surface area contributed by atoms with E-state index in [4.69, 9.17) is 0 Å². The summed E-state index contributed by atoms with van der Waals surface area (Å²) < 4.78 is 5.86. The summed E-state index contributed by atoms with van der Waals surface area (Å²) in [6.45, 7) is 3.08. The van der Waals surface area contributed by atoms with Crippen LogP contribution in [0.5, 0.6) is 0 Å². The summed E-state index contributed by atoms with van der Waals surface area (Å²) >= 11 is 3.02. The molecule has 2 aromatic rings. The molecule has 2 aromatic heterocycles. The fourth-order valence-electron chi connectivity index (χ4n) is 1.21. The minimum atomic E-state index is 0.759. The van der Waals surface area contributed by atoms with Gasteiger partial charge in [0.2, 0.25) is 0 Å². The number of hydrogen-bond acceptors (Lipinski definition) is 7. The highest BCUT2D eigenvalue weighted by molar-refractivity contribution is 7.98. The summed E-state index contributed by atoms with van der Waals surface area (Å²) in [7, 11) is 1.93. The lowest BCUT2D eigenvalue weighted by atomic mass is 10.4. The molecule has 0 unspecified atom stereocenters. The number of nitrogens with one attached hydrogen (secondary N) is 1.